The maximum absolute atomic E-state index is 12.0. The Morgan fingerprint density at radius 2 is 2.10 bits per heavy atom. The van der Waals surface area contributed by atoms with Gasteiger partial charge in [-0.05, 0) is 32.4 Å². The van der Waals surface area contributed by atoms with Gasteiger partial charge in [-0.15, -0.1) is 0 Å². The van der Waals surface area contributed by atoms with Gasteiger partial charge in [0.05, 0.1) is 12.1 Å². The van der Waals surface area contributed by atoms with Gasteiger partial charge in [0.1, 0.15) is 11.8 Å². The monoisotopic (exact) mass is 298 g/mol. The molecule has 0 bridgehead atoms. The zero-order valence-electron chi connectivity index (χ0n) is 12.5. The number of rotatable bonds is 7. The number of ether oxygens (including phenoxy) is 1. The van der Waals surface area contributed by atoms with Crippen molar-refractivity contribution in [1.29, 1.82) is 0 Å². The quantitative estimate of drug-likeness (QED) is 0.810. The van der Waals surface area contributed by atoms with Gasteiger partial charge in [0.2, 0.25) is 5.91 Å². The van der Waals surface area contributed by atoms with Gasteiger partial charge in [-0.2, -0.15) is 0 Å². The molecule has 0 aliphatic rings. The van der Waals surface area contributed by atoms with Gasteiger partial charge >= 0.3 is 0 Å². The molecule has 1 aromatic rings. The first kappa shape index (κ1) is 16.6. The molecule has 0 spiro atoms. The maximum atomic E-state index is 12.0. The molecule has 4 nitrogen and oxygen atoms in total. The standard InChI is InChI=1S/C15H23ClN2O2/c1-5-6-10(2)17-15(19)11(3)18-12-7-8-13(16)14(9-12)20-4/h7-11,18H,5-6H2,1-4H3,(H,17,19). The van der Waals surface area contributed by atoms with Gasteiger partial charge in [-0.3, -0.25) is 4.79 Å². The van der Waals surface area contributed by atoms with E-state index >= 15 is 0 Å². The number of methoxy groups -OCH3 is 1. The highest BCUT2D eigenvalue weighted by Crippen LogP contribution is 2.27. The van der Waals surface area contributed by atoms with Crippen LogP contribution in [-0.2, 0) is 4.79 Å². The summed E-state index contributed by atoms with van der Waals surface area (Å²) in [6.07, 6.45) is 2.03. The first-order chi connectivity index (χ1) is 9.47. The molecule has 0 aromatic heterocycles. The molecule has 0 heterocycles. The van der Waals surface area contributed by atoms with Crippen molar-refractivity contribution >= 4 is 23.2 Å². The summed E-state index contributed by atoms with van der Waals surface area (Å²) in [4.78, 5) is 12.0. The van der Waals surface area contributed by atoms with Crippen LogP contribution < -0.4 is 15.4 Å². The summed E-state index contributed by atoms with van der Waals surface area (Å²) in [5.74, 6) is 0.573. The second kappa shape index (κ2) is 8.00. The van der Waals surface area contributed by atoms with Crippen molar-refractivity contribution in [2.24, 2.45) is 0 Å². The molecule has 0 radical (unpaired) electrons. The SMILES string of the molecule is CCCC(C)NC(=O)C(C)Nc1ccc(Cl)c(OC)c1. The molecule has 2 atom stereocenters. The molecule has 0 saturated heterocycles. The van der Waals surface area contributed by atoms with E-state index in [-0.39, 0.29) is 18.0 Å². The molecule has 0 saturated carbocycles. The molecular weight excluding hydrogens is 276 g/mol. The lowest BCUT2D eigenvalue weighted by atomic mass is 10.2. The Kier molecular flexibility index (Phi) is 6.65. The van der Waals surface area contributed by atoms with Gasteiger partial charge in [0.25, 0.3) is 0 Å². The third kappa shape index (κ3) is 4.93. The van der Waals surface area contributed by atoms with Crippen molar-refractivity contribution in [2.45, 2.75) is 45.7 Å². The fraction of sp³-hybridized carbons (Fsp3) is 0.533. The van der Waals surface area contributed by atoms with E-state index in [0.29, 0.717) is 10.8 Å². The van der Waals surface area contributed by atoms with Crippen LogP contribution in [0.25, 0.3) is 0 Å². The van der Waals surface area contributed by atoms with Crippen molar-refractivity contribution < 1.29 is 9.53 Å². The van der Waals surface area contributed by atoms with Crippen LogP contribution in [0.3, 0.4) is 0 Å². The van der Waals surface area contributed by atoms with E-state index in [1.165, 1.54) is 0 Å². The zero-order chi connectivity index (χ0) is 15.1. The number of nitrogens with one attached hydrogen (secondary N) is 2. The summed E-state index contributed by atoms with van der Waals surface area (Å²) >= 11 is 5.97. The maximum Gasteiger partial charge on any atom is 0.242 e. The molecule has 1 rings (SSSR count). The highest BCUT2D eigenvalue weighted by molar-refractivity contribution is 6.32. The summed E-state index contributed by atoms with van der Waals surface area (Å²) in [7, 11) is 1.56. The fourth-order valence-corrected chi connectivity index (χ4v) is 2.13. The molecule has 0 aliphatic carbocycles. The van der Waals surface area contributed by atoms with Crippen LogP contribution in [0, 0.1) is 0 Å². The highest BCUT2D eigenvalue weighted by Gasteiger charge is 2.15. The second-order valence-corrected chi connectivity index (χ2v) is 5.32. The van der Waals surface area contributed by atoms with E-state index in [1.54, 1.807) is 19.2 Å². The van der Waals surface area contributed by atoms with Crippen LogP contribution >= 0.6 is 11.6 Å². The predicted octanol–water partition coefficient (Wildman–Crippen LogP) is 3.45. The third-order valence-electron chi connectivity index (χ3n) is 3.04. The average molecular weight is 299 g/mol. The molecule has 0 aliphatic heterocycles. The van der Waals surface area contributed by atoms with E-state index in [1.807, 2.05) is 19.9 Å². The number of halogens is 1. The second-order valence-electron chi connectivity index (χ2n) is 4.91. The Bertz CT molecular complexity index is 451. The lowest BCUT2D eigenvalue weighted by Gasteiger charge is -2.19. The molecular formula is C15H23ClN2O2. The number of benzene rings is 1. The molecule has 2 unspecified atom stereocenters. The van der Waals surface area contributed by atoms with Gasteiger partial charge in [-0.25, -0.2) is 0 Å². The van der Waals surface area contributed by atoms with Crippen molar-refractivity contribution in [2.75, 3.05) is 12.4 Å². The number of carbonyl (C=O) groups excluding carboxylic acids is 1. The Morgan fingerprint density at radius 1 is 1.40 bits per heavy atom. The number of carbonyl (C=O) groups is 1. The summed E-state index contributed by atoms with van der Waals surface area (Å²) in [6.45, 7) is 5.94. The van der Waals surface area contributed by atoms with Crippen LogP contribution in [0.1, 0.15) is 33.6 Å². The van der Waals surface area contributed by atoms with Crippen LogP contribution in [0.15, 0.2) is 18.2 Å². The Balaban J connectivity index is 2.61. The molecule has 112 valence electrons. The van der Waals surface area contributed by atoms with E-state index in [0.717, 1.165) is 18.5 Å². The fourth-order valence-electron chi connectivity index (χ4n) is 1.94. The number of hydrogen-bond acceptors (Lipinski definition) is 3. The van der Waals surface area contributed by atoms with Crippen molar-refractivity contribution in [3.05, 3.63) is 23.2 Å². The van der Waals surface area contributed by atoms with E-state index in [9.17, 15) is 4.79 Å². The molecule has 0 fully saturated rings. The van der Waals surface area contributed by atoms with E-state index in [4.69, 9.17) is 16.3 Å². The van der Waals surface area contributed by atoms with Crippen LogP contribution in [0.4, 0.5) is 5.69 Å². The zero-order valence-corrected chi connectivity index (χ0v) is 13.3. The minimum atomic E-state index is -0.319. The van der Waals surface area contributed by atoms with Crippen molar-refractivity contribution in [3.8, 4) is 5.75 Å². The lowest BCUT2D eigenvalue weighted by Crippen LogP contribution is -2.42. The van der Waals surface area contributed by atoms with Crippen molar-refractivity contribution in [3.63, 3.8) is 0 Å². The summed E-state index contributed by atoms with van der Waals surface area (Å²) in [5, 5.41) is 6.67. The Labute approximate surface area is 125 Å². The molecule has 20 heavy (non-hydrogen) atoms. The Morgan fingerprint density at radius 3 is 2.70 bits per heavy atom. The summed E-state index contributed by atoms with van der Waals surface area (Å²) in [5.41, 5.74) is 0.803. The van der Waals surface area contributed by atoms with E-state index in [2.05, 4.69) is 17.6 Å². The first-order valence-electron chi connectivity index (χ1n) is 6.88. The molecule has 2 N–H and O–H groups in total. The lowest BCUT2D eigenvalue weighted by molar-refractivity contribution is -0.122. The number of amides is 1. The average Bonchev–Trinajstić information content (AvgIpc) is 2.41. The highest BCUT2D eigenvalue weighted by atomic mass is 35.5. The van der Waals surface area contributed by atoms with Gasteiger partial charge in [-0.1, -0.05) is 24.9 Å². The summed E-state index contributed by atoms with van der Waals surface area (Å²) in [6, 6.07) is 5.22. The Hall–Kier alpha value is -1.42. The van der Waals surface area contributed by atoms with E-state index < -0.39 is 0 Å². The molecule has 1 amide bonds. The largest absolute Gasteiger partial charge is 0.495 e. The van der Waals surface area contributed by atoms with Gasteiger partial charge in [0.15, 0.2) is 0 Å². The first-order valence-corrected chi connectivity index (χ1v) is 7.26. The summed E-state index contributed by atoms with van der Waals surface area (Å²) < 4.78 is 5.15. The normalized spacial score (nSPS) is 13.4. The van der Waals surface area contributed by atoms with Crippen LogP contribution in [0.2, 0.25) is 5.02 Å². The topological polar surface area (TPSA) is 50.4 Å². The van der Waals surface area contributed by atoms with Crippen LogP contribution in [0.5, 0.6) is 5.75 Å². The van der Waals surface area contributed by atoms with Crippen LogP contribution in [-0.4, -0.2) is 25.1 Å². The third-order valence-corrected chi connectivity index (χ3v) is 3.35. The van der Waals surface area contributed by atoms with Crippen molar-refractivity contribution in [1.82, 2.24) is 5.32 Å². The molecule has 5 heteroatoms. The van der Waals surface area contributed by atoms with Gasteiger partial charge < -0.3 is 15.4 Å². The van der Waals surface area contributed by atoms with Gasteiger partial charge in [0, 0.05) is 17.8 Å². The predicted molar refractivity (Wildman–Crippen MR) is 83.6 cm³/mol. The molecule has 1 aromatic carbocycles. The number of anilines is 1. The smallest absolute Gasteiger partial charge is 0.242 e. The minimum absolute atomic E-state index is 0.0140. The number of hydrogen-bond donors (Lipinski definition) is 2. The minimum Gasteiger partial charge on any atom is -0.495 e.